The molecule has 0 radical (unpaired) electrons. The van der Waals surface area contributed by atoms with Gasteiger partial charge in [-0.25, -0.2) is 0 Å². The number of hydrogen-bond acceptors (Lipinski definition) is 3. The van der Waals surface area contributed by atoms with Gasteiger partial charge in [0, 0.05) is 25.2 Å². The van der Waals surface area contributed by atoms with E-state index in [4.69, 9.17) is 4.74 Å². The Bertz CT molecular complexity index is 628. The predicted octanol–water partition coefficient (Wildman–Crippen LogP) is 2.94. The molecule has 0 saturated heterocycles. The summed E-state index contributed by atoms with van der Waals surface area (Å²) in [5.41, 5.74) is 2.03. The Kier molecular flexibility index (Phi) is 7.75. The van der Waals surface area contributed by atoms with Crippen molar-refractivity contribution >= 4 is 17.6 Å². The molecule has 1 unspecified atom stereocenters. The highest BCUT2D eigenvalue weighted by Gasteiger charge is 2.15. The Morgan fingerprint density at radius 3 is 2.81 bits per heavy atom. The minimum absolute atomic E-state index is 0.0804. The summed E-state index contributed by atoms with van der Waals surface area (Å²) in [6, 6.07) is 6.20. The van der Waals surface area contributed by atoms with Crippen LogP contribution in [-0.4, -0.2) is 38.1 Å². The van der Waals surface area contributed by atoms with Gasteiger partial charge in [-0.1, -0.05) is 13.8 Å². The number of ether oxygens (including phenoxy) is 1. The molecule has 0 aliphatic carbocycles. The van der Waals surface area contributed by atoms with Crippen LogP contribution in [0.2, 0.25) is 0 Å². The lowest BCUT2D eigenvalue weighted by molar-refractivity contribution is -0.116. The molecule has 1 aliphatic heterocycles. The van der Waals surface area contributed by atoms with Gasteiger partial charge in [0.05, 0.1) is 6.54 Å². The summed E-state index contributed by atoms with van der Waals surface area (Å²) in [6.07, 6.45) is 3.63. The van der Waals surface area contributed by atoms with Crippen LogP contribution in [0.15, 0.2) is 23.2 Å². The molecule has 6 heteroatoms. The maximum atomic E-state index is 11.4. The molecule has 0 aromatic heterocycles. The van der Waals surface area contributed by atoms with Gasteiger partial charge in [0.2, 0.25) is 5.91 Å². The van der Waals surface area contributed by atoms with Gasteiger partial charge in [-0.15, -0.1) is 0 Å². The maximum Gasteiger partial charge on any atom is 0.224 e. The van der Waals surface area contributed by atoms with Crippen molar-refractivity contribution in [2.45, 2.75) is 52.5 Å². The van der Waals surface area contributed by atoms with E-state index in [1.165, 1.54) is 6.42 Å². The lowest BCUT2D eigenvalue weighted by Crippen LogP contribution is -2.43. The number of anilines is 1. The Morgan fingerprint density at radius 1 is 1.27 bits per heavy atom. The molecule has 6 nitrogen and oxygen atoms in total. The average molecular weight is 361 g/mol. The second kappa shape index (κ2) is 10.0. The lowest BCUT2D eigenvalue weighted by Gasteiger charge is -2.19. The van der Waals surface area contributed by atoms with Gasteiger partial charge in [-0.3, -0.25) is 9.79 Å². The van der Waals surface area contributed by atoms with Gasteiger partial charge in [0.25, 0.3) is 0 Å². The second-order valence-corrected chi connectivity index (χ2v) is 7.23. The topological polar surface area (TPSA) is 74.8 Å². The molecule has 2 rings (SSSR count). The molecule has 1 atom stereocenters. The first kappa shape index (κ1) is 20.1. The van der Waals surface area contributed by atoms with Crippen LogP contribution < -0.4 is 20.7 Å². The van der Waals surface area contributed by atoms with E-state index in [1.807, 2.05) is 18.2 Å². The Morgan fingerprint density at radius 2 is 2.08 bits per heavy atom. The van der Waals surface area contributed by atoms with E-state index in [0.29, 0.717) is 31.5 Å². The maximum absolute atomic E-state index is 11.4. The van der Waals surface area contributed by atoms with E-state index in [-0.39, 0.29) is 5.91 Å². The first-order chi connectivity index (χ1) is 12.5. The largest absolute Gasteiger partial charge is 0.492 e. The van der Waals surface area contributed by atoms with Crippen molar-refractivity contribution < 1.29 is 9.53 Å². The molecule has 0 saturated carbocycles. The van der Waals surface area contributed by atoms with Crippen LogP contribution in [-0.2, 0) is 11.2 Å². The second-order valence-electron chi connectivity index (χ2n) is 7.23. The molecule has 1 aromatic rings. The molecule has 1 aliphatic rings. The summed E-state index contributed by atoms with van der Waals surface area (Å²) < 4.78 is 5.82. The number of fused-ring (bicyclic) bond motifs is 1. The fourth-order valence-corrected chi connectivity index (χ4v) is 2.87. The minimum Gasteiger partial charge on any atom is -0.492 e. The molecule has 1 aromatic carbocycles. The number of amides is 1. The van der Waals surface area contributed by atoms with Crippen molar-refractivity contribution in [1.29, 1.82) is 0 Å². The monoisotopic (exact) mass is 360 g/mol. The lowest BCUT2D eigenvalue weighted by atomic mass is 10.0. The fraction of sp³-hybridized carbons (Fsp3) is 0.600. The summed E-state index contributed by atoms with van der Waals surface area (Å²) in [5.74, 6) is 2.43. The molecule has 26 heavy (non-hydrogen) atoms. The van der Waals surface area contributed by atoms with Crippen LogP contribution >= 0.6 is 0 Å². The number of carbonyl (C=O) groups is 1. The summed E-state index contributed by atoms with van der Waals surface area (Å²) >= 11 is 0. The van der Waals surface area contributed by atoms with E-state index in [1.54, 1.807) is 7.05 Å². The van der Waals surface area contributed by atoms with E-state index in [2.05, 4.69) is 41.7 Å². The van der Waals surface area contributed by atoms with Crippen molar-refractivity contribution in [3.8, 4) is 5.75 Å². The van der Waals surface area contributed by atoms with Crippen molar-refractivity contribution in [3.05, 3.63) is 23.8 Å². The third-order valence-electron chi connectivity index (χ3n) is 4.42. The quantitative estimate of drug-likeness (QED) is 0.378. The number of aryl methyl sites for hydroxylation is 1. The van der Waals surface area contributed by atoms with Crippen LogP contribution in [0.3, 0.4) is 0 Å². The average Bonchev–Trinajstić information content (AvgIpc) is 2.62. The summed E-state index contributed by atoms with van der Waals surface area (Å²) in [7, 11) is 1.78. The van der Waals surface area contributed by atoms with Gasteiger partial charge < -0.3 is 20.7 Å². The minimum atomic E-state index is 0.0804. The number of carbonyl (C=O) groups excluding carboxylic acids is 1. The molecule has 0 fully saturated rings. The van der Waals surface area contributed by atoms with Gasteiger partial charge in [0.15, 0.2) is 5.96 Å². The van der Waals surface area contributed by atoms with Crippen LogP contribution in [0.25, 0.3) is 0 Å². The zero-order chi connectivity index (χ0) is 18.9. The summed E-state index contributed by atoms with van der Waals surface area (Å²) in [4.78, 5) is 15.7. The highest BCUT2D eigenvalue weighted by atomic mass is 16.5. The molecular weight excluding hydrogens is 328 g/mol. The predicted molar refractivity (Wildman–Crippen MR) is 107 cm³/mol. The normalized spacial score (nSPS) is 15.3. The van der Waals surface area contributed by atoms with E-state index in [0.717, 1.165) is 35.8 Å². The number of aliphatic imine (C=N–C) groups is 1. The molecule has 3 N–H and O–H groups in total. The van der Waals surface area contributed by atoms with Gasteiger partial charge in [-0.05, 0) is 55.9 Å². The third kappa shape index (κ3) is 6.58. The highest BCUT2D eigenvalue weighted by molar-refractivity contribution is 5.94. The van der Waals surface area contributed by atoms with Crippen molar-refractivity contribution in [2.75, 3.05) is 25.5 Å². The molecular formula is C20H32N4O2. The van der Waals surface area contributed by atoms with Crippen molar-refractivity contribution in [3.63, 3.8) is 0 Å². The number of benzene rings is 1. The fourth-order valence-electron chi connectivity index (χ4n) is 2.87. The van der Waals surface area contributed by atoms with Gasteiger partial charge >= 0.3 is 0 Å². The van der Waals surface area contributed by atoms with Crippen LogP contribution in [0.1, 0.15) is 45.6 Å². The highest BCUT2D eigenvalue weighted by Crippen LogP contribution is 2.26. The number of nitrogens with zero attached hydrogens (tertiary/aromatic N) is 1. The summed E-state index contributed by atoms with van der Waals surface area (Å²) in [5, 5.41) is 9.57. The van der Waals surface area contributed by atoms with Crippen LogP contribution in [0.4, 0.5) is 5.69 Å². The van der Waals surface area contributed by atoms with Crippen LogP contribution in [0.5, 0.6) is 5.75 Å². The number of hydrogen-bond donors (Lipinski definition) is 3. The van der Waals surface area contributed by atoms with E-state index >= 15 is 0 Å². The van der Waals surface area contributed by atoms with Crippen molar-refractivity contribution in [2.24, 2.45) is 10.9 Å². The smallest absolute Gasteiger partial charge is 0.224 e. The van der Waals surface area contributed by atoms with E-state index in [9.17, 15) is 4.79 Å². The van der Waals surface area contributed by atoms with Crippen molar-refractivity contribution in [1.82, 2.24) is 10.6 Å². The third-order valence-corrected chi connectivity index (χ3v) is 4.42. The SMILES string of the molecule is CN=C(NCCOc1ccc2c(c1)CCC(=O)N2)NC(C)CCC(C)C. The Balaban J connectivity index is 1.71. The molecule has 1 heterocycles. The first-order valence-electron chi connectivity index (χ1n) is 9.50. The summed E-state index contributed by atoms with van der Waals surface area (Å²) in [6.45, 7) is 7.88. The first-order valence-corrected chi connectivity index (χ1v) is 9.50. The van der Waals surface area contributed by atoms with E-state index < -0.39 is 0 Å². The Labute approximate surface area is 156 Å². The standard InChI is InChI=1S/C20H32N4O2/c1-14(2)5-6-15(3)23-20(21-4)22-11-12-26-17-8-9-18-16(13-17)7-10-19(25)24-18/h8-9,13-15H,5-7,10-12H2,1-4H3,(H,24,25)(H2,21,22,23). The molecule has 0 bridgehead atoms. The molecule has 1 amide bonds. The molecule has 144 valence electrons. The number of rotatable bonds is 8. The Hall–Kier alpha value is -2.24. The van der Waals surface area contributed by atoms with Gasteiger partial charge in [0.1, 0.15) is 12.4 Å². The zero-order valence-electron chi connectivity index (χ0n) is 16.4. The number of nitrogens with one attached hydrogen (secondary N) is 3. The van der Waals surface area contributed by atoms with Crippen LogP contribution in [0, 0.1) is 5.92 Å². The zero-order valence-corrected chi connectivity index (χ0v) is 16.4. The van der Waals surface area contributed by atoms with Gasteiger partial charge in [-0.2, -0.15) is 0 Å². The molecule has 0 spiro atoms. The number of guanidine groups is 1.